The largest absolute Gasteiger partial charge is 0.397 e. The monoisotopic (exact) mass is 386 g/mol. The molecule has 2 aromatic rings. The van der Waals surface area contributed by atoms with Crippen LogP contribution in [0.3, 0.4) is 0 Å². The van der Waals surface area contributed by atoms with Crippen molar-refractivity contribution in [1.29, 1.82) is 0 Å². The van der Waals surface area contributed by atoms with E-state index in [4.69, 9.17) is 5.73 Å². The Hall–Kier alpha value is -1.34. The summed E-state index contributed by atoms with van der Waals surface area (Å²) in [5, 5.41) is 6.92. The van der Waals surface area contributed by atoms with Crippen molar-refractivity contribution >= 4 is 49.1 Å². The van der Waals surface area contributed by atoms with Crippen LogP contribution in [-0.2, 0) is 7.05 Å². The van der Waals surface area contributed by atoms with E-state index in [1.165, 1.54) is 4.68 Å². The first-order chi connectivity index (χ1) is 8.88. The number of hydrogen-bond donors (Lipinski definition) is 2. The van der Waals surface area contributed by atoms with Crippen molar-refractivity contribution in [3.63, 3.8) is 0 Å². The fourth-order valence-corrected chi connectivity index (χ4v) is 3.08. The van der Waals surface area contributed by atoms with Crippen LogP contribution in [0.4, 0.5) is 11.4 Å². The van der Waals surface area contributed by atoms with Crippen LogP contribution in [0.1, 0.15) is 16.2 Å². The summed E-state index contributed by atoms with van der Waals surface area (Å²) in [4.78, 5) is 12.2. The molecule has 0 saturated heterocycles. The molecule has 0 saturated carbocycles. The van der Waals surface area contributed by atoms with Crippen LogP contribution < -0.4 is 11.1 Å². The van der Waals surface area contributed by atoms with E-state index in [2.05, 4.69) is 42.3 Å². The van der Waals surface area contributed by atoms with Gasteiger partial charge >= 0.3 is 0 Å². The van der Waals surface area contributed by atoms with E-state index in [1.807, 2.05) is 13.0 Å². The fraction of sp³-hybridized carbons (Fsp3) is 0.167. The number of nitrogen functional groups attached to an aromatic ring is 1. The summed E-state index contributed by atoms with van der Waals surface area (Å²) >= 11 is 6.71. The second-order valence-corrected chi connectivity index (χ2v) is 5.87. The summed E-state index contributed by atoms with van der Waals surface area (Å²) in [6, 6.07) is 5.27. The number of nitrogens with two attached hydrogens (primary N) is 1. The molecule has 5 nitrogen and oxygen atoms in total. The Bertz CT molecular complexity index is 628. The van der Waals surface area contributed by atoms with Gasteiger partial charge in [-0.15, -0.1) is 0 Å². The Morgan fingerprint density at radius 1 is 1.37 bits per heavy atom. The van der Waals surface area contributed by atoms with Crippen molar-refractivity contribution in [3.8, 4) is 0 Å². The molecule has 1 aromatic carbocycles. The zero-order valence-electron chi connectivity index (χ0n) is 10.4. The van der Waals surface area contributed by atoms with Crippen LogP contribution >= 0.6 is 31.9 Å². The van der Waals surface area contributed by atoms with Gasteiger partial charge in [-0.1, -0.05) is 15.9 Å². The molecule has 0 bridgehead atoms. The molecule has 1 heterocycles. The van der Waals surface area contributed by atoms with Gasteiger partial charge in [0, 0.05) is 16.0 Å². The van der Waals surface area contributed by atoms with Gasteiger partial charge in [-0.3, -0.25) is 9.48 Å². The molecule has 0 unspecified atom stereocenters. The van der Waals surface area contributed by atoms with Crippen molar-refractivity contribution in [2.24, 2.45) is 7.05 Å². The molecule has 1 amide bonds. The zero-order valence-corrected chi connectivity index (χ0v) is 13.5. The smallest absolute Gasteiger partial charge is 0.274 e. The lowest BCUT2D eigenvalue weighted by atomic mass is 10.2. The Balaban J connectivity index is 2.32. The summed E-state index contributed by atoms with van der Waals surface area (Å²) < 4.78 is 3.09. The molecule has 1 aromatic heterocycles. The van der Waals surface area contributed by atoms with Gasteiger partial charge in [-0.2, -0.15) is 5.10 Å². The third-order valence-electron chi connectivity index (χ3n) is 2.56. The Labute approximate surface area is 127 Å². The lowest BCUT2D eigenvalue weighted by Gasteiger charge is -2.11. The molecule has 19 heavy (non-hydrogen) atoms. The average Bonchev–Trinajstić information content (AvgIpc) is 2.62. The average molecular weight is 388 g/mol. The highest BCUT2D eigenvalue weighted by molar-refractivity contribution is 9.11. The third-order valence-corrected chi connectivity index (χ3v) is 3.64. The summed E-state index contributed by atoms with van der Waals surface area (Å²) in [7, 11) is 1.72. The normalized spacial score (nSPS) is 10.5. The summed E-state index contributed by atoms with van der Waals surface area (Å²) in [5.74, 6) is -0.252. The third kappa shape index (κ3) is 2.98. The minimum atomic E-state index is -0.252. The molecule has 100 valence electrons. The summed E-state index contributed by atoms with van der Waals surface area (Å²) in [6.07, 6.45) is 0. The number of nitrogens with zero attached hydrogens (tertiary/aromatic N) is 2. The summed E-state index contributed by atoms with van der Waals surface area (Å²) in [6.45, 7) is 1.83. The van der Waals surface area contributed by atoms with Gasteiger partial charge in [-0.25, -0.2) is 0 Å². The van der Waals surface area contributed by atoms with Gasteiger partial charge < -0.3 is 11.1 Å². The van der Waals surface area contributed by atoms with E-state index in [9.17, 15) is 4.79 Å². The van der Waals surface area contributed by atoms with E-state index in [-0.39, 0.29) is 5.91 Å². The fourth-order valence-electron chi connectivity index (χ4n) is 1.73. The second-order valence-electron chi connectivity index (χ2n) is 4.10. The molecular formula is C12H12Br2N4O. The van der Waals surface area contributed by atoms with Gasteiger partial charge in [0.15, 0.2) is 0 Å². The van der Waals surface area contributed by atoms with Crippen LogP contribution in [0.2, 0.25) is 0 Å². The molecule has 0 atom stereocenters. The predicted octanol–water partition coefficient (Wildman–Crippen LogP) is 3.09. The number of rotatable bonds is 2. The molecular weight excluding hydrogens is 376 g/mol. The number of carbonyl (C=O) groups is 1. The SMILES string of the molecule is Cc1cc(C(=O)Nc2c(N)cc(Br)cc2Br)n(C)n1. The van der Waals surface area contributed by atoms with Crippen LogP contribution in [0.25, 0.3) is 0 Å². The van der Waals surface area contributed by atoms with Crippen LogP contribution in [0.15, 0.2) is 27.1 Å². The highest BCUT2D eigenvalue weighted by Gasteiger charge is 2.15. The number of halogens is 2. The van der Waals surface area contributed by atoms with E-state index < -0.39 is 0 Å². The van der Waals surface area contributed by atoms with E-state index >= 15 is 0 Å². The van der Waals surface area contributed by atoms with Crippen molar-refractivity contribution in [2.45, 2.75) is 6.92 Å². The lowest BCUT2D eigenvalue weighted by Crippen LogP contribution is -2.17. The number of aromatic nitrogens is 2. The first kappa shape index (κ1) is 14.1. The van der Waals surface area contributed by atoms with Crippen molar-refractivity contribution in [3.05, 3.63) is 38.5 Å². The lowest BCUT2D eigenvalue weighted by molar-refractivity contribution is 0.101. The summed E-state index contributed by atoms with van der Waals surface area (Å²) in [5.41, 5.74) is 8.19. The molecule has 0 radical (unpaired) electrons. The van der Waals surface area contributed by atoms with Crippen molar-refractivity contribution in [1.82, 2.24) is 9.78 Å². The van der Waals surface area contributed by atoms with Gasteiger partial charge in [0.25, 0.3) is 5.91 Å². The minimum absolute atomic E-state index is 0.252. The maximum atomic E-state index is 12.2. The van der Waals surface area contributed by atoms with Crippen molar-refractivity contribution in [2.75, 3.05) is 11.1 Å². The number of hydrogen-bond acceptors (Lipinski definition) is 3. The maximum Gasteiger partial charge on any atom is 0.274 e. The molecule has 0 aliphatic rings. The topological polar surface area (TPSA) is 72.9 Å². The number of nitrogens with one attached hydrogen (secondary N) is 1. The molecule has 7 heteroatoms. The molecule has 0 spiro atoms. The van der Waals surface area contributed by atoms with Crippen LogP contribution in [0, 0.1) is 6.92 Å². The number of benzene rings is 1. The highest BCUT2D eigenvalue weighted by atomic mass is 79.9. The van der Waals surface area contributed by atoms with E-state index in [0.717, 1.165) is 10.2 Å². The molecule has 0 fully saturated rings. The quantitative estimate of drug-likeness (QED) is 0.777. The van der Waals surface area contributed by atoms with Gasteiger partial charge in [0.1, 0.15) is 5.69 Å². The molecule has 2 rings (SSSR count). The standard InChI is InChI=1S/C12H12Br2N4O/c1-6-3-10(18(2)17-6)12(19)16-11-8(14)4-7(13)5-9(11)15/h3-5H,15H2,1-2H3,(H,16,19). The van der Waals surface area contributed by atoms with Gasteiger partial charge in [-0.05, 0) is 41.1 Å². The zero-order chi connectivity index (χ0) is 14.2. The first-order valence-electron chi connectivity index (χ1n) is 5.45. The Kier molecular flexibility index (Phi) is 3.96. The molecule has 3 N–H and O–H groups in total. The number of carbonyl (C=O) groups excluding carboxylic acids is 1. The van der Waals surface area contributed by atoms with Gasteiger partial charge in [0.2, 0.25) is 0 Å². The predicted molar refractivity (Wildman–Crippen MR) is 82.2 cm³/mol. The first-order valence-corrected chi connectivity index (χ1v) is 7.03. The van der Waals surface area contributed by atoms with Crippen LogP contribution in [0.5, 0.6) is 0 Å². The van der Waals surface area contributed by atoms with E-state index in [1.54, 1.807) is 19.2 Å². The second kappa shape index (κ2) is 5.34. The highest BCUT2D eigenvalue weighted by Crippen LogP contribution is 2.32. The minimum Gasteiger partial charge on any atom is -0.397 e. The Morgan fingerprint density at radius 2 is 2.05 bits per heavy atom. The van der Waals surface area contributed by atoms with Gasteiger partial charge in [0.05, 0.1) is 17.1 Å². The number of anilines is 2. The Morgan fingerprint density at radius 3 is 2.58 bits per heavy atom. The van der Waals surface area contributed by atoms with Crippen LogP contribution in [-0.4, -0.2) is 15.7 Å². The maximum absolute atomic E-state index is 12.2. The van der Waals surface area contributed by atoms with Crippen molar-refractivity contribution < 1.29 is 4.79 Å². The van der Waals surface area contributed by atoms with E-state index in [0.29, 0.717) is 21.5 Å². The number of amides is 1. The molecule has 0 aliphatic heterocycles. The number of aryl methyl sites for hydroxylation is 2. The molecule has 0 aliphatic carbocycles.